The number of rotatable bonds is 8. The molecule has 0 saturated heterocycles. The second-order valence-corrected chi connectivity index (χ2v) is 6.04. The quantitative estimate of drug-likeness (QED) is 0.613. The topological polar surface area (TPSA) is 77.2 Å². The molecule has 2 aromatic carbocycles. The summed E-state index contributed by atoms with van der Waals surface area (Å²) in [6, 6.07) is 15.1. The highest BCUT2D eigenvalue weighted by Gasteiger charge is 2.17. The van der Waals surface area contributed by atoms with Crippen molar-refractivity contribution in [3.8, 4) is 11.4 Å². The van der Waals surface area contributed by atoms with Crippen molar-refractivity contribution in [1.82, 2.24) is 15.5 Å². The highest BCUT2D eigenvalue weighted by atomic mass is 19.1. The van der Waals surface area contributed by atoms with E-state index in [4.69, 9.17) is 9.26 Å². The van der Waals surface area contributed by atoms with Crippen LogP contribution < -0.4 is 5.32 Å². The van der Waals surface area contributed by atoms with E-state index in [1.165, 1.54) is 12.1 Å². The first-order valence-electron chi connectivity index (χ1n) is 8.62. The summed E-state index contributed by atoms with van der Waals surface area (Å²) in [5.74, 6) is 0.125. The van der Waals surface area contributed by atoms with E-state index in [0.717, 1.165) is 5.56 Å². The summed E-state index contributed by atoms with van der Waals surface area (Å²) in [7, 11) is 0. The fourth-order valence-corrected chi connectivity index (χ4v) is 2.43. The lowest BCUT2D eigenvalue weighted by atomic mass is 10.2. The molecule has 1 heterocycles. The number of carbonyl (C=O) groups excluding carboxylic acids is 1. The SMILES string of the molecule is C[C@H](NC(=O)CCOCc1ccccc1)c1nc(-c2ccc(F)cc2)no1. The lowest BCUT2D eigenvalue weighted by Gasteiger charge is -2.10. The molecule has 0 aliphatic rings. The Morgan fingerprint density at radius 2 is 1.93 bits per heavy atom. The van der Waals surface area contributed by atoms with Crippen LogP contribution in [-0.4, -0.2) is 22.7 Å². The van der Waals surface area contributed by atoms with Crippen LogP contribution in [0.25, 0.3) is 11.4 Å². The average molecular weight is 369 g/mol. The molecule has 1 atom stereocenters. The highest BCUT2D eigenvalue weighted by molar-refractivity contribution is 5.76. The molecule has 0 aliphatic carbocycles. The van der Waals surface area contributed by atoms with Crippen molar-refractivity contribution < 1.29 is 18.4 Å². The first-order chi connectivity index (χ1) is 13.1. The van der Waals surface area contributed by atoms with Crippen LogP contribution in [0.3, 0.4) is 0 Å². The summed E-state index contributed by atoms with van der Waals surface area (Å²) in [6.07, 6.45) is 0.232. The van der Waals surface area contributed by atoms with Crippen LogP contribution in [0.5, 0.6) is 0 Å². The van der Waals surface area contributed by atoms with Crippen molar-refractivity contribution >= 4 is 5.91 Å². The number of hydrogen-bond donors (Lipinski definition) is 1. The van der Waals surface area contributed by atoms with Crippen molar-refractivity contribution in [3.63, 3.8) is 0 Å². The second kappa shape index (κ2) is 9.05. The van der Waals surface area contributed by atoms with E-state index in [0.29, 0.717) is 24.6 Å². The summed E-state index contributed by atoms with van der Waals surface area (Å²) in [5, 5.41) is 6.66. The van der Waals surface area contributed by atoms with E-state index in [9.17, 15) is 9.18 Å². The van der Waals surface area contributed by atoms with E-state index >= 15 is 0 Å². The van der Waals surface area contributed by atoms with Gasteiger partial charge in [0.25, 0.3) is 0 Å². The van der Waals surface area contributed by atoms with Crippen LogP contribution in [-0.2, 0) is 16.1 Å². The van der Waals surface area contributed by atoms with Gasteiger partial charge in [0.05, 0.1) is 13.2 Å². The average Bonchev–Trinajstić information content (AvgIpc) is 3.17. The summed E-state index contributed by atoms with van der Waals surface area (Å²) >= 11 is 0. The number of nitrogens with one attached hydrogen (secondary N) is 1. The Bertz CT molecular complexity index is 866. The Hall–Kier alpha value is -3.06. The molecule has 3 aromatic rings. The van der Waals surface area contributed by atoms with Crippen LogP contribution >= 0.6 is 0 Å². The molecule has 1 aromatic heterocycles. The van der Waals surface area contributed by atoms with E-state index in [1.807, 2.05) is 30.3 Å². The highest BCUT2D eigenvalue weighted by Crippen LogP contribution is 2.19. The molecule has 0 fully saturated rings. The number of nitrogens with zero attached hydrogens (tertiary/aromatic N) is 2. The molecule has 0 unspecified atom stereocenters. The zero-order chi connectivity index (χ0) is 19.1. The molecule has 7 heteroatoms. The van der Waals surface area contributed by atoms with Crippen molar-refractivity contribution in [1.29, 1.82) is 0 Å². The van der Waals surface area contributed by atoms with Crippen LogP contribution in [0.15, 0.2) is 59.1 Å². The van der Waals surface area contributed by atoms with Crippen molar-refractivity contribution in [2.24, 2.45) is 0 Å². The number of halogens is 1. The van der Waals surface area contributed by atoms with Gasteiger partial charge in [0, 0.05) is 12.0 Å². The predicted octanol–water partition coefficient (Wildman–Crippen LogP) is 3.66. The maximum Gasteiger partial charge on any atom is 0.249 e. The Labute approximate surface area is 156 Å². The standard InChI is InChI=1S/C20H20FN3O3/c1-14(20-23-19(24-27-20)16-7-9-17(21)10-8-16)22-18(25)11-12-26-13-15-5-3-2-4-6-15/h2-10,14H,11-13H2,1H3,(H,22,25)/t14-/m0/s1. The van der Waals surface area contributed by atoms with E-state index in [-0.39, 0.29) is 24.0 Å². The van der Waals surface area contributed by atoms with Crippen LogP contribution in [0, 0.1) is 5.82 Å². The maximum atomic E-state index is 13.0. The lowest BCUT2D eigenvalue weighted by Crippen LogP contribution is -2.27. The van der Waals surface area contributed by atoms with Gasteiger partial charge in [-0.3, -0.25) is 4.79 Å². The minimum Gasteiger partial charge on any atom is -0.376 e. The van der Waals surface area contributed by atoms with Crippen molar-refractivity contribution in [2.45, 2.75) is 26.0 Å². The third-order valence-electron chi connectivity index (χ3n) is 3.88. The summed E-state index contributed by atoms with van der Waals surface area (Å²) in [5.41, 5.74) is 1.70. The Kier molecular flexibility index (Phi) is 6.27. The molecule has 0 bridgehead atoms. The molecule has 3 rings (SSSR count). The smallest absolute Gasteiger partial charge is 0.249 e. The van der Waals surface area contributed by atoms with Gasteiger partial charge in [-0.1, -0.05) is 35.5 Å². The molecule has 0 saturated carbocycles. The van der Waals surface area contributed by atoms with Gasteiger partial charge < -0.3 is 14.6 Å². The van der Waals surface area contributed by atoms with E-state index in [2.05, 4.69) is 15.5 Å². The van der Waals surface area contributed by atoms with Gasteiger partial charge in [0.15, 0.2) is 0 Å². The summed E-state index contributed by atoms with van der Waals surface area (Å²) in [4.78, 5) is 16.3. The molecule has 0 aliphatic heterocycles. The molecular weight excluding hydrogens is 349 g/mol. The van der Waals surface area contributed by atoms with Crippen molar-refractivity contribution in [2.75, 3.05) is 6.61 Å². The molecular formula is C20H20FN3O3. The molecule has 0 spiro atoms. The minimum atomic E-state index is -0.437. The molecule has 1 N–H and O–H groups in total. The first kappa shape index (κ1) is 18.7. The van der Waals surface area contributed by atoms with Gasteiger partial charge in [0.2, 0.25) is 17.6 Å². The van der Waals surface area contributed by atoms with Gasteiger partial charge in [-0.25, -0.2) is 4.39 Å². The Morgan fingerprint density at radius 3 is 2.67 bits per heavy atom. The van der Waals surface area contributed by atoms with Gasteiger partial charge in [-0.05, 0) is 36.8 Å². The fourth-order valence-electron chi connectivity index (χ4n) is 2.43. The van der Waals surface area contributed by atoms with Gasteiger partial charge in [-0.15, -0.1) is 0 Å². The monoisotopic (exact) mass is 369 g/mol. The van der Waals surface area contributed by atoms with Crippen LogP contribution in [0.4, 0.5) is 4.39 Å². The number of ether oxygens (including phenoxy) is 1. The Morgan fingerprint density at radius 1 is 1.19 bits per heavy atom. The minimum absolute atomic E-state index is 0.169. The first-order valence-corrected chi connectivity index (χ1v) is 8.62. The summed E-state index contributed by atoms with van der Waals surface area (Å²) in [6.45, 7) is 2.54. The predicted molar refractivity (Wildman–Crippen MR) is 97.0 cm³/mol. The van der Waals surface area contributed by atoms with Crippen LogP contribution in [0.1, 0.15) is 30.8 Å². The molecule has 1 amide bonds. The van der Waals surface area contributed by atoms with Gasteiger partial charge >= 0.3 is 0 Å². The number of amides is 1. The largest absolute Gasteiger partial charge is 0.376 e. The molecule has 0 radical (unpaired) electrons. The normalized spacial score (nSPS) is 11.9. The zero-order valence-corrected chi connectivity index (χ0v) is 14.9. The third-order valence-corrected chi connectivity index (χ3v) is 3.88. The van der Waals surface area contributed by atoms with Crippen LogP contribution in [0.2, 0.25) is 0 Å². The lowest BCUT2D eigenvalue weighted by molar-refractivity contribution is -0.123. The third kappa shape index (κ3) is 5.46. The van der Waals surface area contributed by atoms with Gasteiger partial charge in [0.1, 0.15) is 11.9 Å². The number of carbonyl (C=O) groups is 1. The fraction of sp³-hybridized carbons (Fsp3) is 0.250. The number of hydrogen-bond acceptors (Lipinski definition) is 5. The number of benzene rings is 2. The van der Waals surface area contributed by atoms with E-state index < -0.39 is 6.04 Å². The zero-order valence-electron chi connectivity index (χ0n) is 14.9. The molecule has 140 valence electrons. The molecule has 27 heavy (non-hydrogen) atoms. The van der Waals surface area contributed by atoms with Gasteiger partial charge in [-0.2, -0.15) is 4.98 Å². The molecule has 6 nitrogen and oxygen atoms in total. The van der Waals surface area contributed by atoms with Crippen molar-refractivity contribution in [3.05, 3.63) is 71.9 Å². The summed E-state index contributed by atoms with van der Waals surface area (Å²) < 4.78 is 23.7. The second-order valence-electron chi connectivity index (χ2n) is 6.04. The Balaban J connectivity index is 1.45. The van der Waals surface area contributed by atoms with E-state index in [1.54, 1.807) is 19.1 Å². The maximum absolute atomic E-state index is 13.0. The number of aromatic nitrogens is 2.